The van der Waals surface area contributed by atoms with Crippen molar-refractivity contribution in [3.05, 3.63) is 62.9 Å². The van der Waals surface area contributed by atoms with Gasteiger partial charge in [-0.25, -0.2) is 13.4 Å². The average Bonchev–Trinajstić information content (AvgIpc) is 3.17. The number of piperidine rings is 1. The zero-order valence-electron chi connectivity index (χ0n) is 17.4. The summed E-state index contributed by atoms with van der Waals surface area (Å²) >= 11 is 5.01. The molecule has 4 rings (SSSR count). The smallest absolute Gasteiger partial charge is 0.185 e. The number of thiazole rings is 1. The van der Waals surface area contributed by atoms with E-state index in [1.807, 2.05) is 6.07 Å². The van der Waals surface area contributed by atoms with Gasteiger partial charge in [0.2, 0.25) is 0 Å². The Bertz CT molecular complexity index is 1160. The molecule has 0 saturated carbocycles. The second-order valence-corrected chi connectivity index (χ2v) is 12.0. The summed E-state index contributed by atoms with van der Waals surface area (Å²) in [6.45, 7) is 7.79. The molecular formula is C23H25BrN2O2S2. The van der Waals surface area contributed by atoms with Crippen LogP contribution in [0.1, 0.15) is 29.5 Å². The number of sulfone groups is 1. The Morgan fingerprint density at radius 2 is 1.73 bits per heavy atom. The predicted octanol–water partition coefficient (Wildman–Crippen LogP) is 5.94. The van der Waals surface area contributed by atoms with Gasteiger partial charge in [0.05, 0.1) is 15.8 Å². The van der Waals surface area contributed by atoms with Crippen molar-refractivity contribution in [2.24, 2.45) is 0 Å². The van der Waals surface area contributed by atoms with Crippen molar-refractivity contribution in [1.82, 2.24) is 4.98 Å². The Labute approximate surface area is 191 Å². The average molecular weight is 506 g/mol. The van der Waals surface area contributed by atoms with E-state index in [1.165, 1.54) is 22.3 Å². The van der Waals surface area contributed by atoms with E-state index >= 15 is 0 Å². The number of hydrogen-bond acceptors (Lipinski definition) is 5. The van der Waals surface area contributed by atoms with Crippen molar-refractivity contribution in [3.63, 3.8) is 0 Å². The van der Waals surface area contributed by atoms with Gasteiger partial charge in [0, 0.05) is 28.5 Å². The van der Waals surface area contributed by atoms with Gasteiger partial charge < -0.3 is 4.90 Å². The fourth-order valence-corrected chi connectivity index (χ4v) is 7.50. The first-order chi connectivity index (χ1) is 14.3. The number of aromatic nitrogens is 1. The highest BCUT2D eigenvalue weighted by Gasteiger charge is 2.32. The Morgan fingerprint density at radius 3 is 2.37 bits per heavy atom. The van der Waals surface area contributed by atoms with Crippen molar-refractivity contribution in [2.75, 3.05) is 18.0 Å². The predicted molar refractivity (Wildman–Crippen MR) is 128 cm³/mol. The normalized spacial score (nSPS) is 15.5. The highest BCUT2D eigenvalue weighted by molar-refractivity contribution is 9.10. The van der Waals surface area contributed by atoms with E-state index in [-0.39, 0.29) is 5.25 Å². The third-order valence-electron chi connectivity index (χ3n) is 5.70. The summed E-state index contributed by atoms with van der Waals surface area (Å²) in [6, 6.07) is 11.4. The summed E-state index contributed by atoms with van der Waals surface area (Å²) in [4.78, 5) is 7.52. The van der Waals surface area contributed by atoms with E-state index in [0.717, 1.165) is 15.3 Å². The summed E-state index contributed by atoms with van der Waals surface area (Å²) in [5.41, 5.74) is 5.95. The van der Waals surface area contributed by atoms with Crippen LogP contribution in [-0.2, 0) is 9.84 Å². The summed E-state index contributed by atoms with van der Waals surface area (Å²) in [5, 5.41) is 2.75. The number of nitrogens with zero attached hydrogens (tertiary/aromatic N) is 2. The summed E-state index contributed by atoms with van der Waals surface area (Å²) < 4.78 is 26.8. The first-order valence-electron chi connectivity index (χ1n) is 10.0. The van der Waals surface area contributed by atoms with E-state index in [9.17, 15) is 8.42 Å². The van der Waals surface area contributed by atoms with E-state index in [4.69, 9.17) is 4.98 Å². The minimum atomic E-state index is -3.32. The van der Waals surface area contributed by atoms with Crippen LogP contribution in [0.4, 0.5) is 5.13 Å². The lowest BCUT2D eigenvalue weighted by atomic mass is 9.98. The van der Waals surface area contributed by atoms with E-state index in [2.05, 4.69) is 59.1 Å². The molecule has 1 aromatic heterocycles. The molecule has 0 radical (unpaired) electrons. The van der Waals surface area contributed by atoms with E-state index in [0.29, 0.717) is 30.8 Å². The molecule has 7 heteroatoms. The van der Waals surface area contributed by atoms with Crippen LogP contribution in [0.2, 0.25) is 0 Å². The van der Waals surface area contributed by atoms with Crippen LogP contribution in [0.3, 0.4) is 0 Å². The molecule has 0 aliphatic carbocycles. The van der Waals surface area contributed by atoms with Gasteiger partial charge in [0.25, 0.3) is 0 Å². The lowest BCUT2D eigenvalue weighted by Crippen LogP contribution is -2.39. The van der Waals surface area contributed by atoms with Crippen molar-refractivity contribution >= 4 is 42.2 Å². The van der Waals surface area contributed by atoms with Gasteiger partial charge in [-0.3, -0.25) is 0 Å². The number of hydrogen-bond donors (Lipinski definition) is 0. The molecule has 0 bridgehead atoms. The maximum absolute atomic E-state index is 13.0. The molecule has 0 amide bonds. The second-order valence-electron chi connectivity index (χ2n) is 7.98. The van der Waals surface area contributed by atoms with Crippen LogP contribution < -0.4 is 4.90 Å². The Morgan fingerprint density at radius 1 is 1.07 bits per heavy atom. The minimum Gasteiger partial charge on any atom is -0.348 e. The fourth-order valence-electron chi connectivity index (χ4n) is 4.30. The molecule has 3 aromatic rings. The maximum Gasteiger partial charge on any atom is 0.185 e. The number of halogens is 1. The van der Waals surface area contributed by atoms with Crippen LogP contribution in [0, 0.1) is 20.8 Å². The van der Waals surface area contributed by atoms with Gasteiger partial charge in [-0.1, -0.05) is 39.7 Å². The first-order valence-corrected chi connectivity index (χ1v) is 13.3. The molecule has 2 aromatic carbocycles. The number of aryl methyl sites for hydroxylation is 3. The molecule has 30 heavy (non-hydrogen) atoms. The number of benzene rings is 2. The summed E-state index contributed by atoms with van der Waals surface area (Å²) in [7, 11) is -3.32. The monoisotopic (exact) mass is 504 g/mol. The third-order valence-corrected chi connectivity index (χ3v) is 9.36. The lowest BCUT2D eigenvalue weighted by molar-refractivity contribution is 0.529. The quantitative estimate of drug-likeness (QED) is 0.440. The van der Waals surface area contributed by atoms with Crippen LogP contribution in [0.5, 0.6) is 0 Å². The minimum absolute atomic E-state index is 0.343. The lowest BCUT2D eigenvalue weighted by Gasteiger charge is -2.31. The molecule has 0 atom stereocenters. The fraction of sp³-hybridized carbons (Fsp3) is 0.348. The Kier molecular flexibility index (Phi) is 6.06. The molecule has 0 N–H and O–H groups in total. The molecule has 158 valence electrons. The van der Waals surface area contributed by atoms with Gasteiger partial charge in [-0.05, 0) is 62.9 Å². The van der Waals surface area contributed by atoms with E-state index in [1.54, 1.807) is 29.5 Å². The van der Waals surface area contributed by atoms with Gasteiger partial charge in [0.1, 0.15) is 0 Å². The Balaban J connectivity index is 1.49. The van der Waals surface area contributed by atoms with Crippen LogP contribution in [0.15, 0.2) is 51.1 Å². The molecule has 2 heterocycles. The highest BCUT2D eigenvalue weighted by Crippen LogP contribution is 2.34. The molecule has 1 aliphatic heterocycles. The van der Waals surface area contributed by atoms with Crippen LogP contribution in [0.25, 0.3) is 11.3 Å². The first kappa shape index (κ1) is 21.5. The molecule has 0 unspecified atom stereocenters. The molecule has 0 spiro atoms. The van der Waals surface area contributed by atoms with Crippen molar-refractivity contribution in [3.8, 4) is 11.3 Å². The topological polar surface area (TPSA) is 50.3 Å². The zero-order valence-corrected chi connectivity index (χ0v) is 20.6. The second kappa shape index (κ2) is 8.44. The molecule has 1 saturated heterocycles. The van der Waals surface area contributed by atoms with Gasteiger partial charge in [0.15, 0.2) is 15.0 Å². The zero-order chi connectivity index (χ0) is 21.5. The van der Waals surface area contributed by atoms with Gasteiger partial charge in [-0.15, -0.1) is 11.3 Å². The van der Waals surface area contributed by atoms with E-state index < -0.39 is 9.84 Å². The Hall–Kier alpha value is -1.70. The highest BCUT2D eigenvalue weighted by atomic mass is 79.9. The largest absolute Gasteiger partial charge is 0.348 e. The van der Waals surface area contributed by atoms with Gasteiger partial charge in [-0.2, -0.15) is 0 Å². The molecule has 1 fully saturated rings. The van der Waals surface area contributed by atoms with Crippen LogP contribution >= 0.6 is 27.3 Å². The summed E-state index contributed by atoms with van der Waals surface area (Å²) in [6.07, 6.45) is 1.23. The SMILES string of the molecule is Cc1cc(C)c(-c2csc(N3CCC(S(=O)(=O)c4cccc(Br)c4)CC3)n2)c(C)c1. The van der Waals surface area contributed by atoms with Crippen molar-refractivity contribution < 1.29 is 8.42 Å². The van der Waals surface area contributed by atoms with Crippen LogP contribution in [-0.4, -0.2) is 31.7 Å². The molecule has 1 aliphatic rings. The number of rotatable bonds is 4. The number of anilines is 1. The van der Waals surface area contributed by atoms with Crippen molar-refractivity contribution in [2.45, 2.75) is 43.8 Å². The third kappa shape index (κ3) is 4.20. The van der Waals surface area contributed by atoms with Crippen molar-refractivity contribution in [1.29, 1.82) is 0 Å². The standard InChI is InChI=1S/C23H25BrN2O2S2/c1-15-11-16(2)22(17(3)12-15)21-14-29-23(25-21)26-9-7-19(8-10-26)30(27,28)20-6-4-5-18(24)13-20/h4-6,11-14,19H,7-10H2,1-3H3. The summed E-state index contributed by atoms with van der Waals surface area (Å²) in [5.74, 6) is 0. The van der Waals surface area contributed by atoms with Gasteiger partial charge >= 0.3 is 0 Å². The molecular weight excluding hydrogens is 480 g/mol. The molecule has 4 nitrogen and oxygen atoms in total. The maximum atomic E-state index is 13.0.